The van der Waals surface area contributed by atoms with Gasteiger partial charge in [-0.25, -0.2) is 4.79 Å². The van der Waals surface area contributed by atoms with Crippen LogP contribution in [0.25, 0.3) is 0 Å². The van der Waals surface area contributed by atoms with Gasteiger partial charge in [0.25, 0.3) is 0 Å². The largest absolute Gasteiger partial charge is 0.463 e. The highest BCUT2D eigenvalue weighted by Gasteiger charge is 2.40. The van der Waals surface area contributed by atoms with Gasteiger partial charge in [-0.1, -0.05) is 35.3 Å². The van der Waals surface area contributed by atoms with E-state index >= 15 is 0 Å². The Balaban J connectivity index is 2.01. The lowest BCUT2D eigenvalue weighted by atomic mass is 9.86. The summed E-state index contributed by atoms with van der Waals surface area (Å²) in [6.45, 7) is 1.76. The number of nitrogen functional groups attached to an aromatic ring is 1. The van der Waals surface area contributed by atoms with Crippen molar-refractivity contribution in [3.63, 3.8) is 0 Å². The number of nitrogens with two attached hydrogens (primary N) is 1. The Labute approximate surface area is 177 Å². The topological polar surface area (TPSA) is 120 Å². The third kappa shape index (κ3) is 4.23. The van der Waals surface area contributed by atoms with E-state index in [9.17, 15) is 9.59 Å². The number of nitrogens with zero attached hydrogens (tertiary/aromatic N) is 2. The molecule has 8 nitrogen and oxygen atoms in total. The first-order valence-electron chi connectivity index (χ1n) is 8.58. The lowest BCUT2D eigenvalue weighted by molar-refractivity contribution is -0.129. The monoisotopic (exact) mass is 435 g/mol. The molecule has 0 spiro atoms. The van der Waals surface area contributed by atoms with Gasteiger partial charge in [-0.3, -0.25) is 9.69 Å². The van der Waals surface area contributed by atoms with Gasteiger partial charge in [-0.05, 0) is 36.8 Å². The number of carboxylic acid groups (broad SMARTS) is 1. The summed E-state index contributed by atoms with van der Waals surface area (Å²) >= 11 is 12.7. The van der Waals surface area contributed by atoms with Crippen molar-refractivity contribution >= 4 is 58.2 Å². The molecule has 1 heterocycles. The zero-order valence-corrected chi connectivity index (χ0v) is 17.2. The summed E-state index contributed by atoms with van der Waals surface area (Å²) in [4.78, 5) is 28.1. The van der Waals surface area contributed by atoms with Crippen LogP contribution in [0.3, 0.4) is 0 Å². The van der Waals surface area contributed by atoms with E-state index in [1.165, 1.54) is 11.9 Å². The lowest BCUT2D eigenvalue weighted by Crippen LogP contribution is -2.58. The third-order valence-electron chi connectivity index (χ3n) is 4.66. The molecule has 2 amide bonds. The van der Waals surface area contributed by atoms with Gasteiger partial charge < -0.3 is 21.5 Å². The van der Waals surface area contributed by atoms with Gasteiger partial charge in [0, 0.05) is 12.1 Å². The lowest BCUT2D eigenvalue weighted by Gasteiger charge is -2.40. The van der Waals surface area contributed by atoms with Gasteiger partial charge in [0.2, 0.25) is 11.9 Å². The first-order chi connectivity index (χ1) is 13.6. The quantitative estimate of drug-likeness (QED) is 0.540. The van der Waals surface area contributed by atoms with E-state index in [0.29, 0.717) is 32.7 Å². The molecule has 1 aliphatic rings. The average molecular weight is 436 g/mol. The number of carbonyl (C=O) groups is 2. The molecule has 29 heavy (non-hydrogen) atoms. The SMILES string of the molecule is CN1C(=O)C[C@@](C)(c2cccc(Nc3cc(Cl)ccc3N)c2Cl)N/C1=N\C(=O)O. The maximum Gasteiger partial charge on any atom is 0.434 e. The number of anilines is 3. The molecule has 10 heteroatoms. The number of guanidine groups is 1. The summed E-state index contributed by atoms with van der Waals surface area (Å²) in [5, 5.41) is 16.0. The predicted octanol–water partition coefficient (Wildman–Crippen LogP) is 4.02. The third-order valence-corrected chi connectivity index (χ3v) is 5.31. The van der Waals surface area contributed by atoms with Crippen LogP contribution < -0.4 is 16.4 Å². The highest BCUT2D eigenvalue weighted by molar-refractivity contribution is 6.34. The Hall–Kier alpha value is -2.97. The Bertz CT molecular complexity index is 1030. The van der Waals surface area contributed by atoms with Crippen molar-refractivity contribution in [2.75, 3.05) is 18.1 Å². The molecule has 1 saturated heterocycles. The molecule has 3 rings (SSSR count). The molecule has 2 aromatic carbocycles. The van der Waals surface area contributed by atoms with Crippen molar-refractivity contribution in [2.45, 2.75) is 18.9 Å². The Kier molecular flexibility index (Phi) is 5.59. The molecule has 1 aliphatic heterocycles. The molecule has 0 bridgehead atoms. The summed E-state index contributed by atoms with van der Waals surface area (Å²) in [7, 11) is 1.46. The van der Waals surface area contributed by atoms with Crippen molar-refractivity contribution < 1.29 is 14.7 Å². The van der Waals surface area contributed by atoms with Gasteiger partial charge in [0.15, 0.2) is 0 Å². The molecule has 2 aromatic rings. The van der Waals surface area contributed by atoms with Crippen LogP contribution in [0.2, 0.25) is 10.0 Å². The van der Waals surface area contributed by atoms with Crippen molar-refractivity contribution in [3.8, 4) is 0 Å². The minimum Gasteiger partial charge on any atom is -0.463 e. The first-order valence-corrected chi connectivity index (χ1v) is 9.34. The number of rotatable bonds is 3. The van der Waals surface area contributed by atoms with Crippen LogP contribution in [0.4, 0.5) is 21.9 Å². The van der Waals surface area contributed by atoms with E-state index in [2.05, 4.69) is 15.6 Å². The number of aliphatic imine (C=N–C) groups is 1. The Morgan fingerprint density at radius 2 is 2.03 bits per heavy atom. The fraction of sp³-hybridized carbons (Fsp3) is 0.211. The van der Waals surface area contributed by atoms with Gasteiger partial charge in [-0.2, -0.15) is 0 Å². The highest BCUT2D eigenvalue weighted by atomic mass is 35.5. The summed E-state index contributed by atoms with van der Waals surface area (Å²) in [5.74, 6) is -0.357. The molecule has 0 unspecified atom stereocenters. The van der Waals surface area contributed by atoms with Gasteiger partial charge in [0.1, 0.15) is 0 Å². The Morgan fingerprint density at radius 1 is 1.31 bits per heavy atom. The normalized spacial score (nSPS) is 20.5. The molecule has 152 valence electrons. The van der Waals surface area contributed by atoms with Gasteiger partial charge in [0.05, 0.1) is 34.0 Å². The number of hydrogen-bond donors (Lipinski definition) is 4. The molecule has 0 saturated carbocycles. The molecule has 0 aliphatic carbocycles. The van der Waals surface area contributed by atoms with E-state index < -0.39 is 11.6 Å². The molecule has 0 radical (unpaired) electrons. The predicted molar refractivity (Wildman–Crippen MR) is 114 cm³/mol. The van der Waals surface area contributed by atoms with Crippen LogP contribution >= 0.6 is 23.2 Å². The van der Waals surface area contributed by atoms with Crippen LogP contribution in [0.15, 0.2) is 41.4 Å². The molecule has 1 fully saturated rings. The molecule has 5 N–H and O–H groups in total. The average Bonchev–Trinajstić information content (AvgIpc) is 2.63. The number of carbonyl (C=O) groups excluding carboxylic acids is 1. The van der Waals surface area contributed by atoms with Crippen LogP contribution in [-0.2, 0) is 10.3 Å². The van der Waals surface area contributed by atoms with E-state index in [4.69, 9.17) is 34.0 Å². The molecular formula is C19H19Cl2N5O3. The van der Waals surface area contributed by atoms with E-state index in [-0.39, 0.29) is 18.3 Å². The molecule has 1 atom stereocenters. The summed E-state index contributed by atoms with van der Waals surface area (Å²) < 4.78 is 0. The van der Waals surface area contributed by atoms with E-state index in [1.807, 2.05) is 0 Å². The zero-order chi connectivity index (χ0) is 21.3. The van der Waals surface area contributed by atoms with Crippen LogP contribution in [-0.4, -0.2) is 35.0 Å². The standard InChI is InChI=1S/C19H19Cl2N5O3/c1-19(9-15(27)26(2)17(25-19)24-18(28)29)11-4-3-5-13(16(11)21)23-14-8-10(20)6-7-12(14)22/h3-8,23H,9,22H2,1-2H3,(H,24,25)(H,28,29)/t19-/m0/s1. The smallest absolute Gasteiger partial charge is 0.434 e. The minimum absolute atomic E-state index is 0.0601. The molecule has 0 aromatic heterocycles. The van der Waals surface area contributed by atoms with Crippen molar-refractivity contribution in [2.24, 2.45) is 4.99 Å². The number of nitrogens with one attached hydrogen (secondary N) is 2. The number of hydrogen-bond acceptors (Lipinski definition) is 4. The second kappa shape index (κ2) is 7.81. The van der Waals surface area contributed by atoms with Crippen molar-refractivity contribution in [1.82, 2.24) is 10.2 Å². The van der Waals surface area contributed by atoms with Crippen LogP contribution in [0.1, 0.15) is 18.9 Å². The van der Waals surface area contributed by atoms with Crippen LogP contribution in [0, 0.1) is 0 Å². The number of benzene rings is 2. The summed E-state index contributed by atoms with van der Waals surface area (Å²) in [6, 6.07) is 10.3. The fourth-order valence-electron chi connectivity index (χ4n) is 3.11. The van der Waals surface area contributed by atoms with Gasteiger partial charge in [-0.15, -0.1) is 4.99 Å². The maximum atomic E-state index is 12.5. The van der Waals surface area contributed by atoms with E-state index in [0.717, 1.165) is 0 Å². The van der Waals surface area contributed by atoms with Crippen molar-refractivity contribution in [1.29, 1.82) is 0 Å². The fourth-order valence-corrected chi connectivity index (χ4v) is 3.66. The Morgan fingerprint density at radius 3 is 2.72 bits per heavy atom. The summed E-state index contributed by atoms with van der Waals surface area (Å²) in [5.41, 5.74) is 7.27. The van der Waals surface area contributed by atoms with Gasteiger partial charge >= 0.3 is 6.09 Å². The highest BCUT2D eigenvalue weighted by Crippen LogP contribution is 2.39. The van der Waals surface area contributed by atoms with Crippen LogP contribution in [0.5, 0.6) is 0 Å². The maximum absolute atomic E-state index is 12.5. The van der Waals surface area contributed by atoms with Crippen molar-refractivity contribution in [3.05, 3.63) is 52.0 Å². The minimum atomic E-state index is -1.41. The first kappa shape index (κ1) is 20.8. The number of halogens is 2. The van der Waals surface area contributed by atoms with E-state index in [1.54, 1.807) is 43.3 Å². The zero-order valence-electron chi connectivity index (χ0n) is 15.7. The molecular weight excluding hydrogens is 417 g/mol. The summed E-state index contributed by atoms with van der Waals surface area (Å²) in [6.07, 6.45) is -1.35. The second-order valence-electron chi connectivity index (χ2n) is 6.83. The number of amides is 2. The second-order valence-corrected chi connectivity index (χ2v) is 7.64.